The molecule has 0 bridgehead atoms. The standard InChI is InChI=1S/C15H24N2O2/c1-15(2)12-18-9-7-17(15)8-10-19-14-6-4-3-5-13(14)11-16/h3-6H,7-12,16H2,1-2H3. The van der Waals surface area contributed by atoms with Crippen LogP contribution < -0.4 is 10.5 Å². The highest BCUT2D eigenvalue weighted by molar-refractivity contribution is 5.32. The van der Waals surface area contributed by atoms with Crippen molar-refractivity contribution in [2.24, 2.45) is 5.73 Å². The second-order valence-electron chi connectivity index (χ2n) is 5.51. The highest BCUT2D eigenvalue weighted by Gasteiger charge is 2.29. The van der Waals surface area contributed by atoms with E-state index in [1.54, 1.807) is 0 Å². The lowest BCUT2D eigenvalue weighted by molar-refractivity contribution is -0.0547. The Labute approximate surface area is 115 Å². The summed E-state index contributed by atoms with van der Waals surface area (Å²) in [7, 11) is 0. The van der Waals surface area contributed by atoms with Gasteiger partial charge >= 0.3 is 0 Å². The van der Waals surface area contributed by atoms with Crippen LogP contribution in [0.5, 0.6) is 5.75 Å². The lowest BCUT2D eigenvalue weighted by atomic mass is 10.0. The van der Waals surface area contributed by atoms with Crippen LogP contribution in [0.2, 0.25) is 0 Å². The van der Waals surface area contributed by atoms with Crippen LogP contribution in [0.4, 0.5) is 0 Å². The fourth-order valence-corrected chi connectivity index (χ4v) is 2.38. The first-order chi connectivity index (χ1) is 9.13. The van der Waals surface area contributed by atoms with E-state index >= 15 is 0 Å². The van der Waals surface area contributed by atoms with Crippen molar-refractivity contribution in [2.75, 3.05) is 32.9 Å². The van der Waals surface area contributed by atoms with Gasteiger partial charge in [0.15, 0.2) is 0 Å². The predicted molar refractivity (Wildman–Crippen MR) is 76.3 cm³/mol. The molecule has 19 heavy (non-hydrogen) atoms. The molecule has 2 N–H and O–H groups in total. The van der Waals surface area contributed by atoms with Gasteiger partial charge in [-0.05, 0) is 19.9 Å². The first kappa shape index (κ1) is 14.3. The number of nitrogens with zero attached hydrogens (tertiary/aromatic N) is 1. The van der Waals surface area contributed by atoms with Crippen LogP contribution >= 0.6 is 0 Å². The Morgan fingerprint density at radius 1 is 1.37 bits per heavy atom. The second-order valence-corrected chi connectivity index (χ2v) is 5.51. The van der Waals surface area contributed by atoms with Crippen LogP contribution in [-0.2, 0) is 11.3 Å². The summed E-state index contributed by atoms with van der Waals surface area (Å²) < 4.78 is 11.4. The van der Waals surface area contributed by atoms with Crippen LogP contribution in [0.3, 0.4) is 0 Å². The normalized spacial score (nSPS) is 19.3. The third kappa shape index (κ3) is 3.69. The highest BCUT2D eigenvalue weighted by Crippen LogP contribution is 2.20. The molecule has 1 aromatic carbocycles. The second kappa shape index (κ2) is 6.37. The molecule has 0 amide bonds. The van der Waals surface area contributed by atoms with Gasteiger partial charge in [0.05, 0.1) is 13.2 Å². The molecule has 0 aliphatic carbocycles. The number of nitrogens with two attached hydrogens (primary N) is 1. The summed E-state index contributed by atoms with van der Waals surface area (Å²) in [4.78, 5) is 2.42. The fourth-order valence-electron chi connectivity index (χ4n) is 2.38. The van der Waals surface area contributed by atoms with Crippen molar-refractivity contribution in [2.45, 2.75) is 25.9 Å². The minimum atomic E-state index is 0.0923. The van der Waals surface area contributed by atoms with Crippen molar-refractivity contribution < 1.29 is 9.47 Å². The smallest absolute Gasteiger partial charge is 0.123 e. The van der Waals surface area contributed by atoms with E-state index in [2.05, 4.69) is 18.7 Å². The van der Waals surface area contributed by atoms with Crippen LogP contribution in [0.25, 0.3) is 0 Å². The number of rotatable bonds is 5. The van der Waals surface area contributed by atoms with Gasteiger partial charge in [0.25, 0.3) is 0 Å². The Kier molecular flexibility index (Phi) is 4.80. The first-order valence-corrected chi connectivity index (χ1v) is 6.87. The Bertz CT molecular complexity index is 407. The molecule has 106 valence electrons. The van der Waals surface area contributed by atoms with Crippen molar-refractivity contribution >= 4 is 0 Å². The topological polar surface area (TPSA) is 47.7 Å². The van der Waals surface area contributed by atoms with Gasteiger partial charge in [0, 0.05) is 30.7 Å². The molecular weight excluding hydrogens is 240 g/mol. The Morgan fingerprint density at radius 3 is 2.89 bits per heavy atom. The zero-order valence-corrected chi connectivity index (χ0v) is 11.9. The summed E-state index contributed by atoms with van der Waals surface area (Å²) >= 11 is 0. The van der Waals surface area contributed by atoms with E-state index in [4.69, 9.17) is 15.2 Å². The quantitative estimate of drug-likeness (QED) is 0.878. The number of morpholine rings is 1. The molecule has 1 aliphatic heterocycles. The van der Waals surface area contributed by atoms with Gasteiger partial charge < -0.3 is 15.2 Å². The van der Waals surface area contributed by atoms with E-state index in [1.165, 1.54) is 0 Å². The zero-order valence-electron chi connectivity index (χ0n) is 11.9. The summed E-state index contributed by atoms with van der Waals surface area (Å²) in [5.41, 5.74) is 6.85. The minimum Gasteiger partial charge on any atom is -0.492 e. The molecule has 1 aromatic rings. The maximum atomic E-state index is 5.86. The van der Waals surface area contributed by atoms with Gasteiger partial charge in [-0.1, -0.05) is 18.2 Å². The van der Waals surface area contributed by atoms with Gasteiger partial charge in [-0.3, -0.25) is 4.90 Å². The van der Waals surface area contributed by atoms with E-state index in [-0.39, 0.29) is 5.54 Å². The summed E-state index contributed by atoms with van der Waals surface area (Å²) in [6.07, 6.45) is 0. The van der Waals surface area contributed by atoms with Crippen molar-refractivity contribution in [1.29, 1.82) is 0 Å². The van der Waals surface area contributed by atoms with Gasteiger partial charge in [0.2, 0.25) is 0 Å². The van der Waals surface area contributed by atoms with Crippen LogP contribution in [0.1, 0.15) is 19.4 Å². The van der Waals surface area contributed by atoms with Crippen LogP contribution in [0, 0.1) is 0 Å². The minimum absolute atomic E-state index is 0.0923. The molecule has 0 saturated carbocycles. The Hall–Kier alpha value is -1.10. The summed E-state index contributed by atoms with van der Waals surface area (Å²) in [5, 5.41) is 0. The van der Waals surface area contributed by atoms with Crippen molar-refractivity contribution in [3.05, 3.63) is 29.8 Å². The molecule has 0 aromatic heterocycles. The van der Waals surface area contributed by atoms with E-state index < -0.39 is 0 Å². The Balaban J connectivity index is 1.86. The predicted octanol–water partition coefficient (Wildman–Crippen LogP) is 1.63. The molecule has 1 heterocycles. The molecule has 4 heteroatoms. The number of para-hydroxylation sites is 1. The lowest BCUT2D eigenvalue weighted by Gasteiger charge is -2.42. The average molecular weight is 264 g/mol. The molecule has 0 radical (unpaired) electrons. The summed E-state index contributed by atoms with van der Waals surface area (Å²) in [5.74, 6) is 0.899. The molecular formula is C15H24N2O2. The summed E-state index contributed by atoms with van der Waals surface area (Å²) in [6.45, 7) is 9.08. The number of ether oxygens (including phenoxy) is 2. The first-order valence-electron chi connectivity index (χ1n) is 6.87. The van der Waals surface area contributed by atoms with E-state index in [0.717, 1.165) is 37.6 Å². The van der Waals surface area contributed by atoms with Gasteiger partial charge in [0.1, 0.15) is 12.4 Å². The molecule has 0 unspecified atom stereocenters. The van der Waals surface area contributed by atoms with E-state index in [9.17, 15) is 0 Å². The number of hydrogen-bond acceptors (Lipinski definition) is 4. The molecule has 2 rings (SSSR count). The maximum Gasteiger partial charge on any atom is 0.123 e. The van der Waals surface area contributed by atoms with Gasteiger partial charge in [-0.25, -0.2) is 0 Å². The Morgan fingerprint density at radius 2 is 2.16 bits per heavy atom. The van der Waals surface area contributed by atoms with E-state index in [1.807, 2.05) is 24.3 Å². The maximum absolute atomic E-state index is 5.86. The van der Waals surface area contributed by atoms with Crippen molar-refractivity contribution in [3.63, 3.8) is 0 Å². The molecule has 1 aliphatic rings. The van der Waals surface area contributed by atoms with Gasteiger partial charge in [-0.15, -0.1) is 0 Å². The third-order valence-corrected chi connectivity index (χ3v) is 3.63. The lowest BCUT2D eigenvalue weighted by Crippen LogP contribution is -2.54. The fraction of sp³-hybridized carbons (Fsp3) is 0.600. The number of hydrogen-bond donors (Lipinski definition) is 1. The highest BCUT2D eigenvalue weighted by atomic mass is 16.5. The average Bonchev–Trinajstić information content (AvgIpc) is 2.41. The van der Waals surface area contributed by atoms with Crippen LogP contribution in [-0.4, -0.2) is 43.3 Å². The molecule has 4 nitrogen and oxygen atoms in total. The zero-order chi connectivity index (χ0) is 13.7. The SMILES string of the molecule is CC1(C)COCCN1CCOc1ccccc1CN. The third-order valence-electron chi connectivity index (χ3n) is 3.63. The van der Waals surface area contributed by atoms with Crippen molar-refractivity contribution in [3.8, 4) is 5.75 Å². The molecule has 0 spiro atoms. The van der Waals surface area contributed by atoms with Gasteiger partial charge in [-0.2, -0.15) is 0 Å². The van der Waals surface area contributed by atoms with Crippen LogP contribution in [0.15, 0.2) is 24.3 Å². The monoisotopic (exact) mass is 264 g/mol. The molecule has 1 fully saturated rings. The number of benzene rings is 1. The summed E-state index contributed by atoms with van der Waals surface area (Å²) in [6, 6.07) is 7.95. The molecule has 1 saturated heterocycles. The van der Waals surface area contributed by atoms with Crippen molar-refractivity contribution in [1.82, 2.24) is 4.90 Å². The van der Waals surface area contributed by atoms with E-state index in [0.29, 0.717) is 13.2 Å². The molecule has 0 atom stereocenters. The largest absolute Gasteiger partial charge is 0.492 e.